The van der Waals surface area contributed by atoms with E-state index in [1.165, 1.54) is 49.7 Å². The van der Waals surface area contributed by atoms with Crippen LogP contribution in [0.2, 0.25) is 0 Å². The van der Waals surface area contributed by atoms with Gasteiger partial charge in [0.05, 0.1) is 12.2 Å². The molecule has 0 aliphatic heterocycles. The van der Waals surface area contributed by atoms with Gasteiger partial charge in [-0.25, -0.2) is 0 Å². The van der Waals surface area contributed by atoms with E-state index in [2.05, 4.69) is 60.6 Å². The van der Waals surface area contributed by atoms with Crippen LogP contribution >= 0.6 is 0 Å². The Balaban J connectivity index is 1.61. The second-order valence-corrected chi connectivity index (χ2v) is 13.1. The highest BCUT2D eigenvalue weighted by atomic mass is 16.3. The van der Waals surface area contributed by atoms with Gasteiger partial charge in [0, 0.05) is 5.41 Å². The summed E-state index contributed by atoms with van der Waals surface area (Å²) in [6.45, 7) is 16.3. The monoisotopic (exact) mass is 428 g/mol. The molecule has 176 valence electrons. The SMILES string of the molecule is CC(C)=CCC[C@@H](C)[C@H]1CC[C@H]2[C@@H]3[C@H](O)C=C4C(C)(C)[C@@H](O)CC[C@]4(C)[C@H]3CC[C@]12C. The topological polar surface area (TPSA) is 40.5 Å². The minimum absolute atomic E-state index is 0.140. The minimum atomic E-state index is -0.345. The van der Waals surface area contributed by atoms with Crippen molar-refractivity contribution in [3.8, 4) is 0 Å². The normalized spacial score (nSPS) is 46.9. The van der Waals surface area contributed by atoms with Gasteiger partial charge in [0.15, 0.2) is 0 Å². The van der Waals surface area contributed by atoms with Crippen molar-refractivity contribution in [2.24, 2.45) is 45.8 Å². The highest BCUT2D eigenvalue weighted by molar-refractivity contribution is 5.33. The van der Waals surface area contributed by atoms with Crippen molar-refractivity contribution in [3.05, 3.63) is 23.3 Å². The molecule has 0 amide bonds. The lowest BCUT2D eigenvalue weighted by molar-refractivity contribution is -0.111. The fourth-order valence-corrected chi connectivity index (χ4v) is 9.15. The Morgan fingerprint density at radius 3 is 2.42 bits per heavy atom. The van der Waals surface area contributed by atoms with Crippen molar-refractivity contribution < 1.29 is 10.2 Å². The highest BCUT2D eigenvalue weighted by Gasteiger charge is 2.63. The minimum Gasteiger partial charge on any atom is -0.392 e. The predicted molar refractivity (Wildman–Crippen MR) is 130 cm³/mol. The van der Waals surface area contributed by atoms with Crippen molar-refractivity contribution in [1.29, 1.82) is 0 Å². The molecule has 0 radical (unpaired) electrons. The van der Waals surface area contributed by atoms with Crippen molar-refractivity contribution >= 4 is 0 Å². The van der Waals surface area contributed by atoms with Crippen LogP contribution in [0.4, 0.5) is 0 Å². The summed E-state index contributed by atoms with van der Waals surface area (Å²) in [5.41, 5.74) is 3.07. The van der Waals surface area contributed by atoms with Crippen LogP contribution in [-0.4, -0.2) is 22.4 Å². The molecule has 0 aromatic carbocycles. The Bertz CT molecular complexity index is 744. The molecule has 9 atom stereocenters. The fourth-order valence-electron chi connectivity index (χ4n) is 9.15. The molecule has 0 unspecified atom stereocenters. The largest absolute Gasteiger partial charge is 0.392 e. The number of allylic oxidation sites excluding steroid dienone is 2. The Labute approximate surface area is 191 Å². The van der Waals surface area contributed by atoms with Gasteiger partial charge in [0.1, 0.15) is 0 Å². The second kappa shape index (κ2) is 8.01. The molecule has 0 saturated heterocycles. The maximum atomic E-state index is 11.5. The third kappa shape index (κ3) is 3.59. The second-order valence-electron chi connectivity index (χ2n) is 13.1. The Morgan fingerprint density at radius 2 is 1.74 bits per heavy atom. The molecule has 3 fully saturated rings. The van der Waals surface area contributed by atoms with Crippen LogP contribution in [0.1, 0.15) is 99.8 Å². The van der Waals surface area contributed by atoms with Crippen LogP contribution in [-0.2, 0) is 0 Å². The quantitative estimate of drug-likeness (QED) is 0.477. The molecule has 0 heterocycles. The first-order valence-corrected chi connectivity index (χ1v) is 13.1. The smallest absolute Gasteiger partial charge is 0.0757 e. The Hall–Kier alpha value is -0.600. The van der Waals surface area contributed by atoms with Gasteiger partial charge in [-0.1, -0.05) is 57.9 Å². The van der Waals surface area contributed by atoms with Crippen molar-refractivity contribution in [1.82, 2.24) is 0 Å². The zero-order valence-corrected chi connectivity index (χ0v) is 21.2. The van der Waals surface area contributed by atoms with Crippen LogP contribution < -0.4 is 0 Å². The van der Waals surface area contributed by atoms with Crippen LogP contribution in [0.3, 0.4) is 0 Å². The van der Waals surface area contributed by atoms with Crippen molar-refractivity contribution in [2.45, 2.75) is 112 Å². The number of aliphatic hydroxyl groups excluding tert-OH is 2. The Kier molecular flexibility index (Phi) is 6.09. The highest BCUT2D eigenvalue weighted by Crippen LogP contribution is 2.68. The van der Waals surface area contributed by atoms with Crippen LogP contribution in [0.25, 0.3) is 0 Å². The average molecular weight is 429 g/mol. The van der Waals surface area contributed by atoms with Gasteiger partial charge in [-0.15, -0.1) is 0 Å². The van der Waals surface area contributed by atoms with E-state index in [-0.39, 0.29) is 23.0 Å². The summed E-state index contributed by atoms with van der Waals surface area (Å²) in [6.07, 6.45) is 13.6. The van der Waals surface area contributed by atoms with E-state index in [9.17, 15) is 10.2 Å². The molecular formula is C29H48O2. The van der Waals surface area contributed by atoms with E-state index in [0.717, 1.165) is 24.7 Å². The molecule has 0 aromatic heterocycles. The van der Waals surface area contributed by atoms with Crippen LogP contribution in [0, 0.1) is 45.8 Å². The number of aliphatic hydroxyl groups is 2. The fraction of sp³-hybridized carbons (Fsp3) is 0.862. The van der Waals surface area contributed by atoms with E-state index in [1.54, 1.807) is 0 Å². The molecular weight excluding hydrogens is 380 g/mol. The molecule has 2 N–H and O–H groups in total. The first-order valence-electron chi connectivity index (χ1n) is 13.1. The lowest BCUT2D eigenvalue weighted by Gasteiger charge is -2.62. The van der Waals surface area contributed by atoms with E-state index in [0.29, 0.717) is 23.2 Å². The standard InChI is InChI=1S/C29H48O2/c1-18(2)9-8-10-19(3)20-11-12-21-26-22(13-15-28(20,21)6)29(7)16-14-25(31)27(4,5)24(29)17-23(26)30/h9,17,19-23,25-26,30-31H,8,10-16H2,1-7H3/t19-,20-,21+,22+,23-,25+,26+,28-,29-/m1/s1. The van der Waals surface area contributed by atoms with Gasteiger partial charge in [-0.05, 0) is 106 Å². The summed E-state index contributed by atoms with van der Waals surface area (Å²) in [4.78, 5) is 0. The number of rotatable bonds is 4. The maximum Gasteiger partial charge on any atom is 0.0757 e. The number of hydrogen-bond donors (Lipinski definition) is 2. The molecule has 3 saturated carbocycles. The van der Waals surface area contributed by atoms with Crippen LogP contribution in [0.5, 0.6) is 0 Å². The molecule has 4 rings (SSSR count). The van der Waals surface area contributed by atoms with Gasteiger partial charge in [0.2, 0.25) is 0 Å². The summed E-state index contributed by atoms with van der Waals surface area (Å²) in [6, 6.07) is 0. The number of hydrogen-bond acceptors (Lipinski definition) is 2. The lowest BCUT2D eigenvalue weighted by Crippen LogP contribution is -2.58. The van der Waals surface area contributed by atoms with E-state index >= 15 is 0 Å². The summed E-state index contributed by atoms with van der Waals surface area (Å²) >= 11 is 0. The third-order valence-electron chi connectivity index (χ3n) is 10.9. The molecule has 4 aliphatic rings. The molecule has 2 nitrogen and oxygen atoms in total. The van der Waals surface area contributed by atoms with Gasteiger partial charge in [-0.2, -0.15) is 0 Å². The van der Waals surface area contributed by atoms with E-state index in [4.69, 9.17) is 0 Å². The molecule has 2 heteroatoms. The van der Waals surface area contributed by atoms with Crippen molar-refractivity contribution in [2.75, 3.05) is 0 Å². The first-order chi connectivity index (χ1) is 14.4. The predicted octanol–water partition coefficient (Wildman–Crippen LogP) is 6.92. The van der Waals surface area contributed by atoms with Gasteiger partial charge < -0.3 is 10.2 Å². The summed E-state index contributed by atoms with van der Waals surface area (Å²) in [7, 11) is 0. The summed E-state index contributed by atoms with van der Waals surface area (Å²) < 4.78 is 0. The zero-order chi connectivity index (χ0) is 22.8. The third-order valence-corrected chi connectivity index (χ3v) is 10.9. The summed E-state index contributed by atoms with van der Waals surface area (Å²) in [5.74, 6) is 3.15. The van der Waals surface area contributed by atoms with Gasteiger partial charge in [-0.3, -0.25) is 0 Å². The van der Waals surface area contributed by atoms with Gasteiger partial charge >= 0.3 is 0 Å². The van der Waals surface area contributed by atoms with E-state index in [1.807, 2.05) is 0 Å². The lowest BCUT2D eigenvalue weighted by atomic mass is 9.43. The zero-order valence-electron chi connectivity index (χ0n) is 21.2. The molecule has 0 aromatic rings. The van der Waals surface area contributed by atoms with Crippen LogP contribution in [0.15, 0.2) is 23.3 Å². The maximum absolute atomic E-state index is 11.5. The number of fused-ring (bicyclic) bond motifs is 5. The van der Waals surface area contributed by atoms with Crippen molar-refractivity contribution in [3.63, 3.8) is 0 Å². The molecule has 4 aliphatic carbocycles. The first kappa shape index (κ1) is 23.6. The Morgan fingerprint density at radius 1 is 1.03 bits per heavy atom. The molecule has 0 spiro atoms. The van der Waals surface area contributed by atoms with Gasteiger partial charge in [0.25, 0.3) is 0 Å². The van der Waals surface area contributed by atoms with E-state index < -0.39 is 0 Å². The average Bonchev–Trinajstić information content (AvgIpc) is 3.04. The molecule has 31 heavy (non-hydrogen) atoms. The molecule has 0 bridgehead atoms. The summed E-state index contributed by atoms with van der Waals surface area (Å²) in [5, 5.41) is 22.2.